The van der Waals surface area contributed by atoms with Crippen molar-refractivity contribution in [3.63, 3.8) is 0 Å². The second kappa shape index (κ2) is 5.84. The van der Waals surface area contributed by atoms with Gasteiger partial charge >= 0.3 is 0 Å². The predicted molar refractivity (Wildman–Crippen MR) is 71.8 cm³/mol. The molecule has 1 aromatic heterocycles. The molecule has 1 aromatic rings. The van der Waals surface area contributed by atoms with Gasteiger partial charge in [0.15, 0.2) is 11.6 Å². The number of anilines is 1. The summed E-state index contributed by atoms with van der Waals surface area (Å²) in [5.74, 6) is 0.970. The first-order valence-corrected chi connectivity index (χ1v) is 6.98. The Labute approximate surface area is 113 Å². The molecule has 0 radical (unpaired) electrons. The first kappa shape index (κ1) is 12.8. The van der Waals surface area contributed by atoms with Crippen LogP contribution in [0.3, 0.4) is 0 Å². The molecule has 0 aromatic carbocycles. The number of pyridine rings is 1. The van der Waals surface area contributed by atoms with Gasteiger partial charge in [0.25, 0.3) is 0 Å². The maximum absolute atomic E-state index is 13.7. The Kier molecular flexibility index (Phi) is 3.94. The summed E-state index contributed by atoms with van der Waals surface area (Å²) in [5, 5.41) is 0. The van der Waals surface area contributed by atoms with Crippen LogP contribution in [0.25, 0.3) is 0 Å². The van der Waals surface area contributed by atoms with Gasteiger partial charge in [-0.15, -0.1) is 0 Å². The van der Waals surface area contributed by atoms with Gasteiger partial charge in [-0.1, -0.05) is 0 Å². The number of ether oxygens (including phenoxy) is 1. The fourth-order valence-electron chi connectivity index (χ4n) is 2.73. The molecular weight excluding hydrogens is 245 g/mol. The topological polar surface area (TPSA) is 28.6 Å². The zero-order chi connectivity index (χ0) is 13.1. The van der Waals surface area contributed by atoms with Crippen LogP contribution in [0.1, 0.15) is 6.42 Å². The molecule has 0 saturated carbocycles. The fourth-order valence-corrected chi connectivity index (χ4v) is 2.73. The number of hydrogen-bond donors (Lipinski definition) is 0. The van der Waals surface area contributed by atoms with E-state index < -0.39 is 0 Å². The summed E-state index contributed by atoms with van der Waals surface area (Å²) in [7, 11) is 0. The molecule has 2 aliphatic heterocycles. The van der Waals surface area contributed by atoms with Crippen molar-refractivity contribution in [1.29, 1.82) is 0 Å². The van der Waals surface area contributed by atoms with E-state index in [0.29, 0.717) is 11.7 Å². The minimum absolute atomic E-state index is 0.219. The molecule has 5 heteroatoms. The van der Waals surface area contributed by atoms with Crippen LogP contribution in [0.2, 0.25) is 0 Å². The molecule has 0 aliphatic carbocycles. The van der Waals surface area contributed by atoms with Gasteiger partial charge in [0.1, 0.15) is 0 Å². The quantitative estimate of drug-likeness (QED) is 0.825. The third-order valence-electron chi connectivity index (χ3n) is 3.85. The third-order valence-corrected chi connectivity index (χ3v) is 3.85. The summed E-state index contributed by atoms with van der Waals surface area (Å²) in [5.41, 5.74) is 0. The highest BCUT2D eigenvalue weighted by molar-refractivity contribution is 5.39. The van der Waals surface area contributed by atoms with E-state index in [1.807, 2.05) is 0 Å². The van der Waals surface area contributed by atoms with Gasteiger partial charge in [-0.2, -0.15) is 0 Å². The lowest BCUT2D eigenvalue weighted by Crippen LogP contribution is -2.41. The smallest absolute Gasteiger partial charge is 0.165 e. The lowest BCUT2D eigenvalue weighted by Gasteiger charge is -2.31. The second-order valence-electron chi connectivity index (χ2n) is 5.35. The molecule has 0 spiro atoms. The van der Waals surface area contributed by atoms with Crippen molar-refractivity contribution in [2.45, 2.75) is 6.42 Å². The average Bonchev–Trinajstić information content (AvgIpc) is 2.60. The molecule has 3 heterocycles. The van der Waals surface area contributed by atoms with E-state index in [-0.39, 0.29) is 5.82 Å². The van der Waals surface area contributed by atoms with Crippen molar-refractivity contribution in [3.8, 4) is 0 Å². The van der Waals surface area contributed by atoms with E-state index in [9.17, 15) is 4.39 Å². The molecule has 104 valence electrons. The molecule has 2 aliphatic rings. The Bertz CT molecular complexity index is 425. The predicted octanol–water partition coefficient (Wildman–Crippen LogP) is 1.38. The molecule has 0 atom stereocenters. The van der Waals surface area contributed by atoms with Crippen LogP contribution in [-0.2, 0) is 4.74 Å². The molecule has 0 unspecified atom stereocenters. The highest BCUT2D eigenvalue weighted by Crippen LogP contribution is 2.18. The van der Waals surface area contributed by atoms with Crippen molar-refractivity contribution >= 4 is 5.82 Å². The Balaban J connectivity index is 1.59. The normalized spacial score (nSPS) is 22.1. The molecule has 3 rings (SSSR count). The standard InChI is InChI=1S/C14H20FN3O/c15-13-3-1-4-16-14(13)18-6-2-5-17(7-8-18)9-12-10-19-11-12/h1,3-4,12H,2,5-11H2. The minimum Gasteiger partial charge on any atom is -0.381 e. The van der Waals surface area contributed by atoms with Crippen molar-refractivity contribution in [2.24, 2.45) is 5.92 Å². The van der Waals surface area contributed by atoms with Crippen molar-refractivity contribution in [1.82, 2.24) is 9.88 Å². The first-order chi connectivity index (χ1) is 9.33. The summed E-state index contributed by atoms with van der Waals surface area (Å²) in [4.78, 5) is 8.70. The number of rotatable bonds is 3. The highest BCUT2D eigenvalue weighted by Gasteiger charge is 2.24. The molecule has 0 bridgehead atoms. The van der Waals surface area contributed by atoms with Gasteiger partial charge in [0, 0.05) is 38.3 Å². The van der Waals surface area contributed by atoms with E-state index in [2.05, 4.69) is 14.8 Å². The van der Waals surface area contributed by atoms with E-state index in [1.165, 1.54) is 6.07 Å². The number of nitrogens with zero attached hydrogens (tertiary/aromatic N) is 3. The van der Waals surface area contributed by atoms with Crippen molar-refractivity contribution in [3.05, 3.63) is 24.1 Å². The van der Waals surface area contributed by atoms with Crippen molar-refractivity contribution in [2.75, 3.05) is 50.8 Å². The van der Waals surface area contributed by atoms with Gasteiger partial charge in [-0.3, -0.25) is 0 Å². The van der Waals surface area contributed by atoms with Gasteiger partial charge in [0.05, 0.1) is 13.2 Å². The first-order valence-electron chi connectivity index (χ1n) is 6.98. The van der Waals surface area contributed by atoms with Crippen LogP contribution in [0.15, 0.2) is 18.3 Å². The monoisotopic (exact) mass is 265 g/mol. The minimum atomic E-state index is -0.219. The van der Waals surface area contributed by atoms with Gasteiger partial charge in [-0.25, -0.2) is 9.37 Å². The van der Waals surface area contributed by atoms with Crippen LogP contribution >= 0.6 is 0 Å². The largest absolute Gasteiger partial charge is 0.381 e. The SMILES string of the molecule is Fc1cccnc1N1CCCN(CC2COC2)CC1. The summed E-state index contributed by atoms with van der Waals surface area (Å²) in [6.07, 6.45) is 2.72. The Morgan fingerprint density at radius 3 is 2.89 bits per heavy atom. The number of hydrogen-bond acceptors (Lipinski definition) is 4. The van der Waals surface area contributed by atoms with Gasteiger partial charge in [0.2, 0.25) is 0 Å². The van der Waals surface area contributed by atoms with Crippen LogP contribution in [0.5, 0.6) is 0 Å². The Morgan fingerprint density at radius 2 is 2.16 bits per heavy atom. The Hall–Kier alpha value is -1.20. The summed E-state index contributed by atoms with van der Waals surface area (Å²) >= 11 is 0. The van der Waals surface area contributed by atoms with Crippen molar-refractivity contribution < 1.29 is 9.13 Å². The molecule has 0 amide bonds. The molecular formula is C14H20FN3O. The zero-order valence-electron chi connectivity index (χ0n) is 11.1. The highest BCUT2D eigenvalue weighted by atomic mass is 19.1. The van der Waals surface area contributed by atoms with E-state index in [0.717, 1.165) is 52.4 Å². The van der Waals surface area contributed by atoms with Gasteiger partial charge < -0.3 is 14.5 Å². The zero-order valence-corrected chi connectivity index (χ0v) is 11.1. The molecule has 19 heavy (non-hydrogen) atoms. The summed E-state index contributed by atoms with van der Waals surface area (Å²) < 4.78 is 19.0. The molecule has 0 N–H and O–H groups in total. The molecule has 2 fully saturated rings. The number of aromatic nitrogens is 1. The lowest BCUT2D eigenvalue weighted by atomic mass is 10.1. The Morgan fingerprint density at radius 1 is 1.26 bits per heavy atom. The summed E-state index contributed by atoms with van der Waals surface area (Å²) in [6.45, 7) is 6.70. The maximum atomic E-state index is 13.7. The van der Waals surface area contributed by atoms with Crippen LogP contribution in [0, 0.1) is 11.7 Å². The van der Waals surface area contributed by atoms with E-state index >= 15 is 0 Å². The van der Waals surface area contributed by atoms with Crippen LogP contribution in [-0.4, -0.2) is 55.8 Å². The van der Waals surface area contributed by atoms with Crippen LogP contribution in [0.4, 0.5) is 10.2 Å². The van der Waals surface area contributed by atoms with Gasteiger partial charge in [-0.05, 0) is 25.1 Å². The maximum Gasteiger partial charge on any atom is 0.165 e. The molecule has 2 saturated heterocycles. The van der Waals surface area contributed by atoms with E-state index in [4.69, 9.17) is 4.74 Å². The lowest BCUT2D eigenvalue weighted by molar-refractivity contribution is -0.0457. The molecule has 4 nitrogen and oxygen atoms in total. The second-order valence-corrected chi connectivity index (χ2v) is 5.35. The van der Waals surface area contributed by atoms with Crippen LogP contribution < -0.4 is 4.90 Å². The summed E-state index contributed by atoms with van der Waals surface area (Å²) in [6, 6.07) is 3.12. The average molecular weight is 265 g/mol. The third kappa shape index (κ3) is 3.04. The van der Waals surface area contributed by atoms with E-state index in [1.54, 1.807) is 12.3 Å². The fraction of sp³-hybridized carbons (Fsp3) is 0.643. The number of halogens is 1.